The molecular weight excluding hydrogens is 454 g/mol. The number of amides is 1. The first kappa shape index (κ1) is 25.5. The van der Waals surface area contributed by atoms with E-state index in [9.17, 15) is 9.59 Å². The molecule has 3 aromatic rings. The van der Waals surface area contributed by atoms with Crippen molar-refractivity contribution in [3.63, 3.8) is 0 Å². The number of ether oxygens (including phenoxy) is 1. The Morgan fingerprint density at radius 2 is 1.78 bits per heavy atom. The number of aromatic nitrogens is 4. The molecule has 36 heavy (non-hydrogen) atoms. The van der Waals surface area contributed by atoms with Crippen molar-refractivity contribution in [3.05, 3.63) is 54.1 Å². The maximum Gasteiger partial charge on any atom is 0.313 e. The van der Waals surface area contributed by atoms with Gasteiger partial charge < -0.3 is 10.1 Å². The average Bonchev–Trinajstić information content (AvgIpc) is 3.61. The van der Waals surface area contributed by atoms with Gasteiger partial charge in [0.1, 0.15) is 0 Å². The third-order valence-corrected chi connectivity index (χ3v) is 7.15. The van der Waals surface area contributed by atoms with E-state index >= 15 is 0 Å². The van der Waals surface area contributed by atoms with E-state index in [-0.39, 0.29) is 17.8 Å². The second-order valence-corrected chi connectivity index (χ2v) is 9.61. The van der Waals surface area contributed by atoms with Crippen LogP contribution in [0.4, 0.5) is 0 Å². The summed E-state index contributed by atoms with van der Waals surface area (Å²) in [5.74, 6) is 0.317. The lowest BCUT2D eigenvalue weighted by molar-refractivity contribution is -0.155. The van der Waals surface area contributed by atoms with Gasteiger partial charge in [0.15, 0.2) is 5.82 Å². The van der Waals surface area contributed by atoms with Gasteiger partial charge in [-0.1, -0.05) is 74.7 Å². The van der Waals surface area contributed by atoms with Crippen molar-refractivity contribution >= 4 is 11.9 Å². The predicted octanol–water partition coefficient (Wildman–Crippen LogP) is 4.73. The summed E-state index contributed by atoms with van der Waals surface area (Å²) >= 11 is 0. The van der Waals surface area contributed by atoms with Crippen molar-refractivity contribution in [2.24, 2.45) is 11.3 Å². The Balaban J connectivity index is 1.44. The molecule has 1 aliphatic carbocycles. The number of carbonyl (C=O) groups excluding carboxylic acids is 2. The van der Waals surface area contributed by atoms with Gasteiger partial charge in [-0.3, -0.25) is 9.59 Å². The maximum atomic E-state index is 13.2. The van der Waals surface area contributed by atoms with E-state index in [1.165, 1.54) is 0 Å². The summed E-state index contributed by atoms with van der Waals surface area (Å²) in [6, 6.07) is 16.3. The lowest BCUT2D eigenvalue weighted by Gasteiger charge is -2.28. The van der Waals surface area contributed by atoms with Gasteiger partial charge in [-0.05, 0) is 59.7 Å². The topological polar surface area (TPSA) is 110 Å². The van der Waals surface area contributed by atoms with Crippen LogP contribution in [0, 0.1) is 11.3 Å². The zero-order valence-corrected chi connectivity index (χ0v) is 21.1. The predicted molar refractivity (Wildman–Crippen MR) is 138 cm³/mol. The Labute approximate surface area is 212 Å². The van der Waals surface area contributed by atoms with Crippen molar-refractivity contribution in [2.75, 3.05) is 13.2 Å². The molecule has 2 aromatic carbocycles. The second-order valence-electron chi connectivity index (χ2n) is 9.61. The molecule has 1 saturated carbocycles. The molecular formula is C28H35N5O3. The molecule has 1 aromatic heterocycles. The van der Waals surface area contributed by atoms with Crippen LogP contribution in [0.2, 0.25) is 0 Å². The number of aromatic amines is 1. The zero-order valence-electron chi connectivity index (χ0n) is 21.1. The highest BCUT2D eigenvalue weighted by Gasteiger charge is 2.43. The Morgan fingerprint density at radius 3 is 2.42 bits per heavy atom. The Morgan fingerprint density at radius 1 is 1.06 bits per heavy atom. The first-order valence-electron chi connectivity index (χ1n) is 12.9. The third-order valence-electron chi connectivity index (χ3n) is 7.15. The van der Waals surface area contributed by atoms with Gasteiger partial charge in [-0.15, -0.1) is 5.10 Å². The molecule has 8 heteroatoms. The van der Waals surface area contributed by atoms with Crippen LogP contribution in [0.15, 0.2) is 48.5 Å². The molecule has 0 aliphatic heterocycles. The fraction of sp³-hybridized carbons (Fsp3) is 0.464. The minimum atomic E-state index is -0.573. The zero-order chi connectivity index (χ0) is 25.4. The quantitative estimate of drug-likeness (QED) is 0.377. The maximum absolute atomic E-state index is 13.2. The largest absolute Gasteiger partial charge is 0.466 e. The van der Waals surface area contributed by atoms with Crippen molar-refractivity contribution in [2.45, 2.75) is 58.8 Å². The molecule has 0 radical (unpaired) electrons. The number of esters is 1. The number of rotatable bonds is 11. The van der Waals surface area contributed by atoms with Crippen LogP contribution in [0.5, 0.6) is 0 Å². The summed E-state index contributed by atoms with van der Waals surface area (Å²) in [5, 5.41) is 17.4. The monoisotopic (exact) mass is 489 g/mol. The first-order valence-corrected chi connectivity index (χ1v) is 12.9. The number of hydrogen-bond acceptors (Lipinski definition) is 6. The van der Waals surface area contributed by atoms with Gasteiger partial charge in [0.25, 0.3) is 0 Å². The molecule has 0 saturated heterocycles. The smallest absolute Gasteiger partial charge is 0.313 e. The van der Waals surface area contributed by atoms with Crippen molar-refractivity contribution in [1.82, 2.24) is 25.9 Å². The van der Waals surface area contributed by atoms with Crippen molar-refractivity contribution in [3.8, 4) is 22.5 Å². The summed E-state index contributed by atoms with van der Waals surface area (Å²) < 4.78 is 5.34. The molecule has 8 nitrogen and oxygen atoms in total. The number of benzene rings is 2. The van der Waals surface area contributed by atoms with Crippen LogP contribution in [-0.4, -0.2) is 45.7 Å². The third kappa shape index (κ3) is 5.80. The number of hydrogen-bond donors (Lipinski definition) is 2. The SMILES string of the molecule is CCCC(Cc1ccc(-c2ccccc2-c2nnn[nH]2)cc1)C(=O)NCC1(C(=O)OCC)CCCC1. The molecule has 1 amide bonds. The molecule has 1 atom stereocenters. The molecule has 1 unspecified atom stereocenters. The summed E-state index contributed by atoms with van der Waals surface area (Å²) in [7, 11) is 0. The summed E-state index contributed by atoms with van der Waals surface area (Å²) in [5.41, 5.74) is 3.55. The highest BCUT2D eigenvalue weighted by Crippen LogP contribution is 2.39. The van der Waals surface area contributed by atoms with Crippen LogP contribution in [0.1, 0.15) is 57.9 Å². The fourth-order valence-corrected chi connectivity index (χ4v) is 5.18. The lowest BCUT2D eigenvalue weighted by Crippen LogP contribution is -2.44. The summed E-state index contributed by atoms with van der Waals surface area (Å²) in [4.78, 5) is 25.8. The molecule has 1 aliphatic rings. The molecule has 1 fully saturated rings. The van der Waals surface area contributed by atoms with E-state index in [0.717, 1.165) is 60.8 Å². The Hall–Kier alpha value is -3.55. The number of carbonyl (C=O) groups is 2. The Kier molecular flexibility index (Phi) is 8.46. The normalized spacial score (nSPS) is 15.4. The number of nitrogens with one attached hydrogen (secondary N) is 2. The molecule has 0 spiro atoms. The van der Waals surface area contributed by atoms with Crippen LogP contribution < -0.4 is 5.32 Å². The minimum absolute atomic E-state index is 0.0136. The van der Waals surface area contributed by atoms with Gasteiger partial charge in [0, 0.05) is 18.0 Å². The van der Waals surface area contributed by atoms with Gasteiger partial charge in [0.05, 0.1) is 12.0 Å². The van der Waals surface area contributed by atoms with Crippen LogP contribution in [0.25, 0.3) is 22.5 Å². The van der Waals surface area contributed by atoms with Crippen molar-refractivity contribution in [1.29, 1.82) is 0 Å². The molecule has 0 bridgehead atoms. The molecule has 190 valence electrons. The Bertz CT molecular complexity index is 1140. The van der Waals surface area contributed by atoms with E-state index < -0.39 is 5.41 Å². The van der Waals surface area contributed by atoms with Gasteiger partial charge in [-0.2, -0.15) is 0 Å². The summed E-state index contributed by atoms with van der Waals surface area (Å²) in [6.07, 6.45) is 5.90. The van der Waals surface area contributed by atoms with E-state index in [0.29, 0.717) is 25.4 Å². The van der Waals surface area contributed by atoms with E-state index in [1.54, 1.807) is 0 Å². The second kappa shape index (κ2) is 11.9. The average molecular weight is 490 g/mol. The minimum Gasteiger partial charge on any atom is -0.466 e. The van der Waals surface area contributed by atoms with Gasteiger partial charge in [0.2, 0.25) is 5.91 Å². The van der Waals surface area contributed by atoms with Crippen LogP contribution >= 0.6 is 0 Å². The van der Waals surface area contributed by atoms with Gasteiger partial charge >= 0.3 is 5.97 Å². The van der Waals surface area contributed by atoms with Gasteiger partial charge in [-0.25, -0.2) is 5.10 Å². The standard InChI is InChI=1S/C28H35N5O3/c1-3-9-22(26(34)29-19-28(16-7-8-17-28)27(35)36-4-2)18-20-12-14-21(15-13-20)23-10-5-6-11-24(23)25-30-32-33-31-25/h5-6,10-15,22H,3-4,7-9,16-19H2,1-2H3,(H,29,34)(H,30,31,32,33). The van der Waals surface area contributed by atoms with Crippen LogP contribution in [0.3, 0.4) is 0 Å². The first-order chi connectivity index (χ1) is 17.6. The lowest BCUT2D eigenvalue weighted by atomic mass is 9.85. The van der Waals surface area contributed by atoms with Crippen molar-refractivity contribution < 1.29 is 14.3 Å². The number of tetrazole rings is 1. The molecule has 4 rings (SSSR count). The van der Waals surface area contributed by atoms with E-state index in [1.807, 2.05) is 31.2 Å². The number of nitrogens with zero attached hydrogens (tertiary/aromatic N) is 3. The van der Waals surface area contributed by atoms with Crippen LogP contribution in [-0.2, 0) is 20.7 Å². The molecule has 2 N–H and O–H groups in total. The summed E-state index contributed by atoms with van der Waals surface area (Å²) in [6.45, 7) is 4.64. The van der Waals surface area contributed by atoms with E-state index in [4.69, 9.17) is 4.74 Å². The highest BCUT2D eigenvalue weighted by molar-refractivity contribution is 5.82. The van der Waals surface area contributed by atoms with E-state index in [2.05, 4.69) is 57.1 Å². The molecule has 1 heterocycles. The highest BCUT2D eigenvalue weighted by atomic mass is 16.5. The fourth-order valence-electron chi connectivity index (χ4n) is 5.18. The number of H-pyrrole nitrogens is 1.